The van der Waals surface area contributed by atoms with Gasteiger partial charge in [0.05, 0.1) is 19.8 Å². The lowest BCUT2D eigenvalue weighted by atomic mass is 10.0. The van der Waals surface area contributed by atoms with Gasteiger partial charge in [0.25, 0.3) is 0 Å². The first kappa shape index (κ1) is 75.4. The van der Waals surface area contributed by atoms with Crippen LogP contribution in [0.1, 0.15) is 316 Å². The second kappa shape index (κ2) is 60.5. The fourth-order valence-corrected chi connectivity index (χ4v) is 10.1. The number of hydrogen-bond acceptors (Lipinski definition) is 10. The molecule has 0 aromatic rings. The number of hydrogen-bond donors (Lipinski definition) is 2. The highest BCUT2D eigenvalue weighted by atomic mass is 31.2. The van der Waals surface area contributed by atoms with E-state index in [4.69, 9.17) is 23.3 Å². The number of carbonyl (C=O) groups is 3. The first-order valence-corrected chi connectivity index (χ1v) is 34.0. The van der Waals surface area contributed by atoms with E-state index in [2.05, 4.69) is 69.4 Å². The van der Waals surface area contributed by atoms with E-state index < -0.39 is 57.8 Å². The van der Waals surface area contributed by atoms with E-state index in [-0.39, 0.29) is 25.9 Å². The molecule has 0 aromatic carbocycles. The first-order valence-electron chi connectivity index (χ1n) is 32.5. The number of phosphoric ester groups is 1. The zero-order valence-corrected chi connectivity index (χ0v) is 51.5. The van der Waals surface area contributed by atoms with Crippen molar-refractivity contribution in [2.75, 3.05) is 26.4 Å². The van der Waals surface area contributed by atoms with Crippen LogP contribution in [0.15, 0.2) is 48.6 Å². The molecule has 12 heteroatoms. The number of carbonyl (C=O) groups excluding carboxylic acids is 3. The SMILES string of the molecule is CC/C=C\C/C=C\C/C=C\CCCCCC(=O)OCC(COP(=O)(O)OCC(CO)OC(=O)CCCCCCCCCCCCCCCCCCCCC)OC(=O)CCCCCCCCCCC/C=C\CCCCCCCC. The summed E-state index contributed by atoms with van der Waals surface area (Å²) in [6.45, 7) is 4.56. The van der Waals surface area contributed by atoms with Gasteiger partial charge < -0.3 is 24.2 Å². The smallest absolute Gasteiger partial charge is 0.462 e. The van der Waals surface area contributed by atoms with Gasteiger partial charge in [-0.3, -0.25) is 23.4 Å². The molecule has 0 bridgehead atoms. The van der Waals surface area contributed by atoms with Crippen molar-refractivity contribution >= 4 is 25.7 Å². The monoisotopic (exact) mass is 1120 g/mol. The predicted molar refractivity (Wildman–Crippen MR) is 325 cm³/mol. The van der Waals surface area contributed by atoms with Gasteiger partial charge in [-0.05, 0) is 77.0 Å². The quantitative estimate of drug-likeness (QED) is 0.0197. The Morgan fingerprint density at radius 1 is 0.372 bits per heavy atom. The molecule has 0 aliphatic heterocycles. The lowest BCUT2D eigenvalue weighted by molar-refractivity contribution is -0.161. The summed E-state index contributed by atoms with van der Waals surface area (Å²) in [5.74, 6) is -1.48. The van der Waals surface area contributed by atoms with Crippen molar-refractivity contribution < 1.29 is 52.2 Å². The number of aliphatic hydroxyl groups excluding tert-OH is 1. The molecule has 0 fully saturated rings. The highest BCUT2D eigenvalue weighted by Gasteiger charge is 2.28. The van der Waals surface area contributed by atoms with Gasteiger partial charge in [-0.1, -0.05) is 268 Å². The Bertz CT molecular complexity index is 1490. The average Bonchev–Trinajstić information content (AvgIpc) is 3.43. The molecule has 0 aliphatic rings. The van der Waals surface area contributed by atoms with E-state index in [1.165, 1.54) is 180 Å². The normalized spacial score (nSPS) is 13.6. The minimum Gasteiger partial charge on any atom is -0.462 e. The van der Waals surface area contributed by atoms with Crippen molar-refractivity contribution in [2.24, 2.45) is 0 Å². The van der Waals surface area contributed by atoms with Crippen LogP contribution >= 0.6 is 7.82 Å². The van der Waals surface area contributed by atoms with Crippen molar-refractivity contribution in [1.29, 1.82) is 0 Å². The van der Waals surface area contributed by atoms with Crippen molar-refractivity contribution in [3.8, 4) is 0 Å². The van der Waals surface area contributed by atoms with E-state index in [0.717, 1.165) is 77.0 Å². The first-order chi connectivity index (χ1) is 38.2. The summed E-state index contributed by atoms with van der Waals surface area (Å²) < 4.78 is 39.7. The number of ether oxygens (including phenoxy) is 3. The Kier molecular flexibility index (Phi) is 58.5. The number of esters is 3. The Morgan fingerprint density at radius 2 is 0.667 bits per heavy atom. The molecule has 0 aliphatic carbocycles. The summed E-state index contributed by atoms with van der Waals surface area (Å²) in [6, 6.07) is 0. The maximum Gasteiger partial charge on any atom is 0.472 e. The molecule has 0 rings (SSSR count). The fourth-order valence-electron chi connectivity index (χ4n) is 9.31. The summed E-state index contributed by atoms with van der Waals surface area (Å²) in [6.07, 6.45) is 66.4. The van der Waals surface area contributed by atoms with Crippen molar-refractivity contribution in [3.63, 3.8) is 0 Å². The summed E-state index contributed by atoms with van der Waals surface area (Å²) in [5.41, 5.74) is 0. The molecule has 0 saturated carbocycles. The van der Waals surface area contributed by atoms with Crippen LogP contribution in [-0.2, 0) is 42.2 Å². The van der Waals surface area contributed by atoms with Gasteiger partial charge in [0.15, 0.2) is 6.10 Å². The predicted octanol–water partition coefficient (Wildman–Crippen LogP) is 19.7. The van der Waals surface area contributed by atoms with Gasteiger partial charge in [0.2, 0.25) is 0 Å². The molecule has 0 saturated heterocycles. The molecule has 2 N–H and O–H groups in total. The van der Waals surface area contributed by atoms with Crippen molar-refractivity contribution in [2.45, 2.75) is 328 Å². The highest BCUT2D eigenvalue weighted by Crippen LogP contribution is 2.43. The summed E-state index contributed by atoms with van der Waals surface area (Å²) in [4.78, 5) is 48.7. The molecule has 0 amide bonds. The van der Waals surface area contributed by atoms with Gasteiger partial charge in [-0.25, -0.2) is 4.57 Å². The summed E-state index contributed by atoms with van der Waals surface area (Å²) >= 11 is 0. The lowest BCUT2D eigenvalue weighted by Gasteiger charge is -2.21. The lowest BCUT2D eigenvalue weighted by Crippen LogP contribution is -2.30. The van der Waals surface area contributed by atoms with Crippen LogP contribution in [0.25, 0.3) is 0 Å². The van der Waals surface area contributed by atoms with Crippen LogP contribution in [0.2, 0.25) is 0 Å². The van der Waals surface area contributed by atoms with Gasteiger partial charge in [0.1, 0.15) is 12.7 Å². The molecule has 3 unspecified atom stereocenters. The Balaban J connectivity index is 4.62. The number of aliphatic hydroxyl groups is 1. The molecule has 3 atom stereocenters. The molecular formula is C66H121O11P. The van der Waals surface area contributed by atoms with Gasteiger partial charge in [-0.15, -0.1) is 0 Å². The Hall–Kier alpha value is -2.56. The summed E-state index contributed by atoms with van der Waals surface area (Å²) in [7, 11) is -4.76. The molecular weight excluding hydrogens is 1000 g/mol. The standard InChI is InChI=1S/C66H121O11P/c1-4-7-10-13-16-19-22-25-27-29-31-33-35-38-41-44-47-50-53-56-65(69)76-62(58-67)60-74-78(71,72)75-61-63(59-73-64(68)55-52-49-46-43-40-37-24-21-18-15-12-9-6-3)77-66(70)57-54-51-48-45-42-39-36-34-32-30-28-26-23-20-17-14-11-8-5-2/h9,12,18,21,26,28,37,40,62-63,67H,4-8,10-11,13-17,19-20,22-25,27,29-36,38-39,41-61H2,1-3H3,(H,71,72)/b12-9-,21-18-,28-26-,40-37-. The molecule has 11 nitrogen and oxygen atoms in total. The maximum absolute atomic E-state index is 12.9. The third-order valence-electron chi connectivity index (χ3n) is 14.2. The second-order valence-electron chi connectivity index (χ2n) is 21.9. The zero-order valence-electron chi connectivity index (χ0n) is 50.6. The number of phosphoric acid groups is 1. The average molecular weight is 1120 g/mol. The Labute approximate surface area is 479 Å². The number of allylic oxidation sites excluding steroid dienone is 8. The van der Waals surface area contributed by atoms with Gasteiger partial charge in [0, 0.05) is 19.3 Å². The largest absolute Gasteiger partial charge is 0.472 e. The summed E-state index contributed by atoms with van der Waals surface area (Å²) in [5, 5.41) is 9.86. The Morgan fingerprint density at radius 3 is 1.05 bits per heavy atom. The van der Waals surface area contributed by atoms with Crippen LogP contribution in [0, 0.1) is 0 Å². The van der Waals surface area contributed by atoms with E-state index >= 15 is 0 Å². The van der Waals surface area contributed by atoms with Crippen LogP contribution < -0.4 is 0 Å². The number of rotatable bonds is 61. The van der Waals surface area contributed by atoms with E-state index in [1.54, 1.807) is 0 Å². The fraction of sp³-hybridized carbons (Fsp3) is 0.833. The van der Waals surface area contributed by atoms with E-state index in [1.807, 2.05) is 0 Å². The van der Waals surface area contributed by atoms with Crippen molar-refractivity contribution in [3.05, 3.63) is 48.6 Å². The molecule has 78 heavy (non-hydrogen) atoms. The molecule has 0 heterocycles. The second-order valence-corrected chi connectivity index (χ2v) is 23.4. The minimum atomic E-state index is -4.76. The topological polar surface area (TPSA) is 155 Å². The molecule has 0 radical (unpaired) electrons. The van der Waals surface area contributed by atoms with Crippen LogP contribution in [-0.4, -0.2) is 66.5 Å². The highest BCUT2D eigenvalue weighted by molar-refractivity contribution is 7.47. The van der Waals surface area contributed by atoms with Crippen LogP contribution in [0.3, 0.4) is 0 Å². The third kappa shape index (κ3) is 58.1. The van der Waals surface area contributed by atoms with Crippen molar-refractivity contribution in [1.82, 2.24) is 0 Å². The molecule has 456 valence electrons. The molecule has 0 aromatic heterocycles. The van der Waals surface area contributed by atoms with Crippen LogP contribution in [0.4, 0.5) is 0 Å². The van der Waals surface area contributed by atoms with E-state index in [9.17, 15) is 28.9 Å². The minimum absolute atomic E-state index is 0.161. The van der Waals surface area contributed by atoms with Gasteiger partial charge in [-0.2, -0.15) is 0 Å². The van der Waals surface area contributed by atoms with E-state index in [0.29, 0.717) is 19.3 Å². The maximum atomic E-state index is 12.9. The molecule has 0 spiro atoms. The van der Waals surface area contributed by atoms with Crippen LogP contribution in [0.5, 0.6) is 0 Å². The van der Waals surface area contributed by atoms with Gasteiger partial charge >= 0.3 is 25.7 Å². The number of unbranched alkanes of at least 4 members (excludes halogenated alkanes) is 36. The third-order valence-corrected chi connectivity index (χ3v) is 15.2. The zero-order chi connectivity index (χ0) is 56.9.